The number of rotatable bonds is 9. The topological polar surface area (TPSA) is 130 Å². The summed E-state index contributed by atoms with van der Waals surface area (Å²) in [6.45, 7) is 2.60. The van der Waals surface area contributed by atoms with Crippen LogP contribution in [0.5, 0.6) is 0 Å². The molecule has 7 nitrogen and oxygen atoms in total. The molecule has 0 saturated heterocycles. The first-order chi connectivity index (χ1) is 13.0. The molecule has 0 aromatic heterocycles. The zero-order valence-electron chi connectivity index (χ0n) is 16.2. The number of hydrogen-bond acceptors (Lipinski definition) is 6. The average Bonchev–Trinajstić information content (AvgIpc) is 2.61. The van der Waals surface area contributed by atoms with Gasteiger partial charge in [0.05, 0.1) is 16.6 Å². The lowest BCUT2D eigenvalue weighted by atomic mass is 10.0. The van der Waals surface area contributed by atoms with Crippen LogP contribution in [0.2, 0.25) is 0 Å². The van der Waals surface area contributed by atoms with Crippen LogP contribution in [0.15, 0.2) is 59.5 Å². The summed E-state index contributed by atoms with van der Waals surface area (Å²) in [7, 11) is -3.95. The summed E-state index contributed by atoms with van der Waals surface area (Å²) in [5, 5.41) is 20.8. The highest BCUT2D eigenvalue weighted by molar-refractivity contribution is 7.89. The van der Waals surface area contributed by atoms with Gasteiger partial charge in [-0.1, -0.05) is 30.3 Å². The van der Waals surface area contributed by atoms with Gasteiger partial charge in [-0.2, -0.15) is 4.31 Å². The summed E-state index contributed by atoms with van der Waals surface area (Å²) in [5.41, 5.74) is 11.9. The average molecular weight is 408 g/mol. The third kappa shape index (κ3) is 6.29. The minimum absolute atomic E-state index is 0.0368. The molecule has 2 aromatic rings. The summed E-state index contributed by atoms with van der Waals surface area (Å²) in [6.07, 6.45) is -0.702. The fourth-order valence-electron chi connectivity index (χ4n) is 2.83. The number of nitrogen functional groups attached to an aromatic ring is 1. The zero-order valence-corrected chi connectivity index (χ0v) is 17.0. The van der Waals surface area contributed by atoms with Gasteiger partial charge in [0.2, 0.25) is 10.0 Å². The maximum Gasteiger partial charge on any atom is 0.243 e. The lowest BCUT2D eigenvalue weighted by Crippen LogP contribution is -2.50. The van der Waals surface area contributed by atoms with Gasteiger partial charge < -0.3 is 21.7 Å². The van der Waals surface area contributed by atoms with Gasteiger partial charge in [0.1, 0.15) is 0 Å². The Balaban J connectivity index is 2.21. The van der Waals surface area contributed by atoms with Gasteiger partial charge in [-0.15, -0.1) is 0 Å². The maximum atomic E-state index is 13.1. The molecular weight excluding hydrogens is 378 g/mol. The Morgan fingerprint density at radius 3 is 2.18 bits per heavy atom. The van der Waals surface area contributed by atoms with E-state index >= 15 is 0 Å². The van der Waals surface area contributed by atoms with Crippen molar-refractivity contribution in [3.63, 3.8) is 0 Å². The van der Waals surface area contributed by atoms with Crippen LogP contribution in [-0.2, 0) is 16.4 Å². The standard InChI is InChI=1S/C20H29N3O4S/c1-20(2,25)14-23(28(26,27)17-10-8-16(21)9-11-17)13-19(24)18(22)12-15-6-4-3-5-7-15/h3-11,18-19,24-25H,12-14,21-22H2,1-2H3/t18-,19+/m0/s1. The highest BCUT2D eigenvalue weighted by Crippen LogP contribution is 2.21. The van der Waals surface area contributed by atoms with Crippen molar-refractivity contribution in [1.82, 2.24) is 4.31 Å². The lowest BCUT2D eigenvalue weighted by Gasteiger charge is -2.31. The Morgan fingerprint density at radius 2 is 1.64 bits per heavy atom. The van der Waals surface area contributed by atoms with E-state index in [1.807, 2.05) is 30.3 Å². The molecule has 2 rings (SSSR count). The number of nitrogens with zero attached hydrogens (tertiary/aromatic N) is 1. The monoisotopic (exact) mass is 407 g/mol. The summed E-state index contributed by atoms with van der Waals surface area (Å²) in [5.74, 6) is 0. The number of aliphatic hydroxyl groups is 2. The van der Waals surface area contributed by atoms with Crippen molar-refractivity contribution in [1.29, 1.82) is 0 Å². The molecule has 0 spiro atoms. The molecule has 0 fully saturated rings. The van der Waals surface area contributed by atoms with Crippen LogP contribution in [0, 0.1) is 0 Å². The van der Waals surface area contributed by atoms with Crippen molar-refractivity contribution < 1.29 is 18.6 Å². The van der Waals surface area contributed by atoms with Crippen LogP contribution in [0.25, 0.3) is 0 Å². The zero-order chi connectivity index (χ0) is 20.9. The first-order valence-corrected chi connectivity index (χ1v) is 10.5. The molecule has 28 heavy (non-hydrogen) atoms. The number of sulfonamides is 1. The van der Waals surface area contributed by atoms with Crippen molar-refractivity contribution in [3.8, 4) is 0 Å². The minimum Gasteiger partial charge on any atom is -0.399 e. The molecule has 0 aliphatic carbocycles. The minimum atomic E-state index is -3.95. The summed E-state index contributed by atoms with van der Waals surface area (Å²) < 4.78 is 27.2. The summed E-state index contributed by atoms with van der Waals surface area (Å²) >= 11 is 0. The molecular formula is C20H29N3O4S. The van der Waals surface area contributed by atoms with Gasteiger partial charge >= 0.3 is 0 Å². The van der Waals surface area contributed by atoms with Gasteiger partial charge in [0.25, 0.3) is 0 Å². The largest absolute Gasteiger partial charge is 0.399 e. The van der Waals surface area contributed by atoms with Crippen molar-refractivity contribution >= 4 is 15.7 Å². The second-order valence-electron chi connectivity index (χ2n) is 7.60. The van der Waals surface area contributed by atoms with E-state index in [0.717, 1.165) is 9.87 Å². The predicted octanol–water partition coefficient (Wildman–Crippen LogP) is 0.961. The number of benzene rings is 2. The molecule has 0 aliphatic rings. The normalized spacial score (nSPS) is 14.8. The fraction of sp³-hybridized carbons (Fsp3) is 0.400. The van der Waals surface area contributed by atoms with E-state index in [9.17, 15) is 18.6 Å². The third-order valence-electron chi connectivity index (χ3n) is 4.28. The van der Waals surface area contributed by atoms with E-state index in [1.165, 1.54) is 38.1 Å². The Bertz CT molecular complexity index is 849. The first kappa shape index (κ1) is 22.3. The van der Waals surface area contributed by atoms with Crippen molar-refractivity contribution in [2.75, 3.05) is 18.8 Å². The lowest BCUT2D eigenvalue weighted by molar-refractivity contribution is 0.0429. The second kappa shape index (κ2) is 9.02. The van der Waals surface area contributed by atoms with E-state index < -0.39 is 27.8 Å². The molecule has 0 saturated carbocycles. The number of anilines is 1. The molecule has 0 aliphatic heterocycles. The fourth-order valence-corrected chi connectivity index (χ4v) is 4.45. The molecule has 2 atom stereocenters. The SMILES string of the molecule is CC(C)(O)CN(C[C@@H](O)[C@@H](N)Cc1ccccc1)S(=O)(=O)c1ccc(N)cc1. The van der Waals surface area contributed by atoms with Crippen LogP contribution < -0.4 is 11.5 Å². The van der Waals surface area contributed by atoms with E-state index in [4.69, 9.17) is 11.5 Å². The smallest absolute Gasteiger partial charge is 0.243 e. The van der Waals surface area contributed by atoms with E-state index in [-0.39, 0.29) is 18.0 Å². The van der Waals surface area contributed by atoms with E-state index in [0.29, 0.717) is 12.1 Å². The Labute approximate surface area is 166 Å². The molecule has 2 aromatic carbocycles. The van der Waals surface area contributed by atoms with Gasteiger partial charge in [-0.05, 0) is 50.1 Å². The van der Waals surface area contributed by atoms with Crippen molar-refractivity contribution in [3.05, 3.63) is 60.2 Å². The number of nitrogens with two attached hydrogens (primary N) is 2. The number of aliphatic hydroxyl groups excluding tert-OH is 1. The Morgan fingerprint density at radius 1 is 1.07 bits per heavy atom. The predicted molar refractivity (Wildman–Crippen MR) is 110 cm³/mol. The van der Waals surface area contributed by atoms with Gasteiger partial charge in [-0.3, -0.25) is 0 Å². The molecule has 0 unspecified atom stereocenters. The van der Waals surface area contributed by atoms with Crippen LogP contribution in [0.3, 0.4) is 0 Å². The highest BCUT2D eigenvalue weighted by atomic mass is 32.2. The molecule has 0 amide bonds. The summed E-state index contributed by atoms with van der Waals surface area (Å²) in [4.78, 5) is 0.0368. The molecule has 6 N–H and O–H groups in total. The van der Waals surface area contributed by atoms with Gasteiger partial charge in [0, 0.05) is 24.8 Å². The van der Waals surface area contributed by atoms with Crippen molar-refractivity contribution in [2.24, 2.45) is 5.73 Å². The molecule has 154 valence electrons. The van der Waals surface area contributed by atoms with Gasteiger partial charge in [0.15, 0.2) is 0 Å². The number of hydrogen-bond donors (Lipinski definition) is 4. The quantitative estimate of drug-likeness (QED) is 0.458. The molecule has 0 heterocycles. The van der Waals surface area contributed by atoms with E-state index in [1.54, 1.807) is 0 Å². The van der Waals surface area contributed by atoms with Crippen LogP contribution >= 0.6 is 0 Å². The van der Waals surface area contributed by atoms with E-state index in [2.05, 4.69) is 0 Å². The van der Waals surface area contributed by atoms with Crippen LogP contribution in [-0.4, -0.2) is 53.8 Å². The Kier molecular flexibility index (Phi) is 7.19. The summed E-state index contributed by atoms with van der Waals surface area (Å²) in [6, 6.07) is 14.6. The third-order valence-corrected chi connectivity index (χ3v) is 6.11. The molecule has 0 radical (unpaired) electrons. The molecule has 8 heteroatoms. The Hall–Kier alpha value is -1.97. The van der Waals surface area contributed by atoms with Gasteiger partial charge in [-0.25, -0.2) is 8.42 Å². The second-order valence-corrected chi connectivity index (χ2v) is 9.54. The van der Waals surface area contributed by atoms with Crippen LogP contribution in [0.4, 0.5) is 5.69 Å². The molecule has 0 bridgehead atoms. The first-order valence-electron chi connectivity index (χ1n) is 9.05. The van der Waals surface area contributed by atoms with Crippen molar-refractivity contribution in [2.45, 2.75) is 42.9 Å². The highest BCUT2D eigenvalue weighted by Gasteiger charge is 2.32. The van der Waals surface area contributed by atoms with Crippen LogP contribution in [0.1, 0.15) is 19.4 Å². The maximum absolute atomic E-state index is 13.1.